The summed E-state index contributed by atoms with van der Waals surface area (Å²) in [5.74, 6) is 0. The van der Waals surface area contributed by atoms with Gasteiger partial charge >= 0.3 is 0 Å². The standard InChI is InChI=1S/C13H17N3O/c1-4-13-12(8-17)14-15-16(13)11-6-9(2)5-10(3)7-11/h5-7,17H,4,8H2,1-3H3. The molecule has 2 rings (SSSR count). The fourth-order valence-corrected chi connectivity index (χ4v) is 2.09. The molecule has 0 fully saturated rings. The molecule has 0 atom stereocenters. The summed E-state index contributed by atoms with van der Waals surface area (Å²) >= 11 is 0. The van der Waals surface area contributed by atoms with E-state index < -0.39 is 0 Å². The van der Waals surface area contributed by atoms with E-state index in [1.807, 2.05) is 11.6 Å². The second-order valence-corrected chi connectivity index (χ2v) is 4.25. The molecule has 2 aromatic rings. The number of aryl methyl sites for hydroxylation is 2. The fraction of sp³-hybridized carbons (Fsp3) is 0.385. The number of rotatable bonds is 3. The highest BCUT2D eigenvalue weighted by atomic mass is 16.3. The van der Waals surface area contributed by atoms with Crippen molar-refractivity contribution in [3.05, 3.63) is 40.7 Å². The molecule has 1 N–H and O–H groups in total. The summed E-state index contributed by atoms with van der Waals surface area (Å²) < 4.78 is 1.81. The van der Waals surface area contributed by atoms with Gasteiger partial charge in [-0.15, -0.1) is 5.10 Å². The largest absolute Gasteiger partial charge is 0.390 e. The molecule has 0 aliphatic rings. The van der Waals surface area contributed by atoms with Crippen LogP contribution >= 0.6 is 0 Å². The molecule has 4 nitrogen and oxygen atoms in total. The molecule has 0 saturated heterocycles. The van der Waals surface area contributed by atoms with E-state index in [-0.39, 0.29) is 6.61 Å². The van der Waals surface area contributed by atoms with Gasteiger partial charge in [0.1, 0.15) is 5.69 Å². The molecule has 0 spiro atoms. The average Bonchev–Trinajstić information content (AvgIpc) is 2.70. The minimum Gasteiger partial charge on any atom is -0.390 e. The SMILES string of the molecule is CCc1c(CO)nnn1-c1cc(C)cc(C)c1. The Bertz CT molecular complexity index is 511. The maximum atomic E-state index is 9.20. The average molecular weight is 231 g/mol. The summed E-state index contributed by atoms with van der Waals surface area (Å²) in [6.07, 6.45) is 0.801. The van der Waals surface area contributed by atoms with Gasteiger partial charge in [0.25, 0.3) is 0 Å². The predicted octanol–water partition coefficient (Wildman–Crippen LogP) is 1.94. The molecule has 0 bridgehead atoms. The topological polar surface area (TPSA) is 50.9 Å². The van der Waals surface area contributed by atoms with Crippen LogP contribution < -0.4 is 0 Å². The van der Waals surface area contributed by atoms with Crippen molar-refractivity contribution in [2.75, 3.05) is 0 Å². The third-order valence-electron chi connectivity index (χ3n) is 2.78. The number of nitrogens with zero attached hydrogens (tertiary/aromatic N) is 3. The molecule has 1 heterocycles. The molecule has 0 saturated carbocycles. The summed E-state index contributed by atoms with van der Waals surface area (Å²) in [6, 6.07) is 6.27. The van der Waals surface area contributed by atoms with Crippen molar-refractivity contribution in [1.82, 2.24) is 15.0 Å². The van der Waals surface area contributed by atoms with Crippen molar-refractivity contribution >= 4 is 0 Å². The molecule has 0 aliphatic carbocycles. The van der Waals surface area contributed by atoms with E-state index in [9.17, 15) is 5.11 Å². The van der Waals surface area contributed by atoms with Gasteiger partial charge in [0, 0.05) is 0 Å². The Kier molecular flexibility index (Phi) is 3.24. The van der Waals surface area contributed by atoms with E-state index in [1.165, 1.54) is 11.1 Å². The fourth-order valence-electron chi connectivity index (χ4n) is 2.09. The molecular weight excluding hydrogens is 214 g/mol. The number of hydrogen-bond donors (Lipinski definition) is 1. The highest BCUT2D eigenvalue weighted by Crippen LogP contribution is 2.17. The minimum atomic E-state index is -0.0615. The zero-order valence-electron chi connectivity index (χ0n) is 10.4. The number of hydrogen-bond acceptors (Lipinski definition) is 3. The molecule has 90 valence electrons. The van der Waals surface area contributed by atoms with Crippen LogP contribution in [0, 0.1) is 13.8 Å². The van der Waals surface area contributed by atoms with E-state index in [0.29, 0.717) is 5.69 Å². The number of aromatic nitrogens is 3. The quantitative estimate of drug-likeness (QED) is 0.878. The van der Waals surface area contributed by atoms with Gasteiger partial charge in [-0.3, -0.25) is 0 Å². The van der Waals surface area contributed by atoms with Gasteiger partial charge < -0.3 is 5.11 Å². The third-order valence-corrected chi connectivity index (χ3v) is 2.78. The molecule has 0 unspecified atom stereocenters. The van der Waals surface area contributed by atoms with Crippen LogP contribution in [-0.2, 0) is 13.0 Å². The number of benzene rings is 1. The van der Waals surface area contributed by atoms with Crippen molar-refractivity contribution < 1.29 is 5.11 Å². The highest BCUT2D eigenvalue weighted by molar-refractivity contribution is 5.40. The summed E-state index contributed by atoms with van der Waals surface area (Å²) in [5.41, 5.74) is 5.03. The van der Waals surface area contributed by atoms with Crippen molar-refractivity contribution in [1.29, 1.82) is 0 Å². The maximum absolute atomic E-state index is 9.20. The molecule has 0 radical (unpaired) electrons. The molecule has 1 aromatic carbocycles. The first-order valence-electron chi connectivity index (χ1n) is 5.78. The van der Waals surface area contributed by atoms with E-state index in [2.05, 4.69) is 42.4 Å². The van der Waals surface area contributed by atoms with Crippen molar-refractivity contribution in [2.24, 2.45) is 0 Å². The second-order valence-electron chi connectivity index (χ2n) is 4.25. The highest BCUT2D eigenvalue weighted by Gasteiger charge is 2.11. The van der Waals surface area contributed by atoms with Crippen LogP contribution in [-0.4, -0.2) is 20.1 Å². The normalized spacial score (nSPS) is 10.8. The Morgan fingerprint density at radius 3 is 2.35 bits per heavy atom. The van der Waals surface area contributed by atoms with Gasteiger partial charge in [-0.05, 0) is 43.5 Å². The first kappa shape index (κ1) is 11.8. The molecule has 4 heteroatoms. The smallest absolute Gasteiger partial charge is 0.112 e. The van der Waals surface area contributed by atoms with Crippen LogP contribution in [0.2, 0.25) is 0 Å². The van der Waals surface area contributed by atoms with E-state index >= 15 is 0 Å². The molecule has 0 aliphatic heterocycles. The summed E-state index contributed by atoms with van der Waals surface area (Å²) in [5, 5.41) is 17.3. The number of aliphatic hydroxyl groups is 1. The van der Waals surface area contributed by atoms with Crippen molar-refractivity contribution in [3.8, 4) is 5.69 Å². The maximum Gasteiger partial charge on any atom is 0.112 e. The Hall–Kier alpha value is -1.68. The minimum absolute atomic E-state index is 0.0615. The molecule has 0 amide bonds. The first-order valence-corrected chi connectivity index (χ1v) is 5.78. The Morgan fingerprint density at radius 2 is 1.82 bits per heavy atom. The zero-order valence-corrected chi connectivity index (χ0v) is 10.4. The van der Waals surface area contributed by atoms with E-state index in [0.717, 1.165) is 17.8 Å². The van der Waals surface area contributed by atoms with Gasteiger partial charge in [-0.1, -0.05) is 18.2 Å². The Labute approximate surface area is 101 Å². The lowest BCUT2D eigenvalue weighted by atomic mass is 10.1. The van der Waals surface area contributed by atoms with Gasteiger partial charge in [-0.2, -0.15) is 0 Å². The summed E-state index contributed by atoms with van der Waals surface area (Å²) in [4.78, 5) is 0. The van der Waals surface area contributed by atoms with Gasteiger partial charge in [0.2, 0.25) is 0 Å². The van der Waals surface area contributed by atoms with Crippen LogP contribution in [0.1, 0.15) is 29.4 Å². The van der Waals surface area contributed by atoms with Crippen LogP contribution in [0.25, 0.3) is 5.69 Å². The van der Waals surface area contributed by atoms with Crippen molar-refractivity contribution in [2.45, 2.75) is 33.8 Å². The monoisotopic (exact) mass is 231 g/mol. The molecule has 17 heavy (non-hydrogen) atoms. The van der Waals surface area contributed by atoms with Crippen molar-refractivity contribution in [3.63, 3.8) is 0 Å². The van der Waals surface area contributed by atoms with Gasteiger partial charge in [-0.25, -0.2) is 4.68 Å². The lowest BCUT2D eigenvalue weighted by molar-refractivity contribution is 0.275. The van der Waals surface area contributed by atoms with Crippen LogP contribution in [0.15, 0.2) is 18.2 Å². The van der Waals surface area contributed by atoms with E-state index in [1.54, 1.807) is 0 Å². The summed E-state index contributed by atoms with van der Waals surface area (Å²) in [6.45, 7) is 6.10. The lowest BCUT2D eigenvalue weighted by Crippen LogP contribution is -2.03. The first-order chi connectivity index (χ1) is 8.15. The van der Waals surface area contributed by atoms with Crippen LogP contribution in [0.5, 0.6) is 0 Å². The molecule has 1 aromatic heterocycles. The third kappa shape index (κ3) is 2.22. The zero-order chi connectivity index (χ0) is 12.4. The van der Waals surface area contributed by atoms with Crippen LogP contribution in [0.4, 0.5) is 0 Å². The Morgan fingerprint density at radius 1 is 1.18 bits per heavy atom. The van der Waals surface area contributed by atoms with Gasteiger partial charge in [0.15, 0.2) is 0 Å². The Balaban J connectivity index is 2.55. The summed E-state index contributed by atoms with van der Waals surface area (Å²) in [7, 11) is 0. The van der Waals surface area contributed by atoms with Gasteiger partial charge in [0.05, 0.1) is 18.0 Å². The van der Waals surface area contributed by atoms with Crippen LogP contribution in [0.3, 0.4) is 0 Å². The number of aliphatic hydroxyl groups excluding tert-OH is 1. The predicted molar refractivity (Wildman–Crippen MR) is 66.1 cm³/mol. The molecular formula is C13H17N3O. The lowest BCUT2D eigenvalue weighted by Gasteiger charge is -2.07. The van der Waals surface area contributed by atoms with E-state index in [4.69, 9.17) is 0 Å². The second kappa shape index (κ2) is 4.67.